The molecule has 1 saturated heterocycles. The molecule has 5 nitrogen and oxygen atoms in total. The van der Waals surface area contributed by atoms with Crippen molar-refractivity contribution in [2.24, 2.45) is 0 Å². The molecular formula is C18H23N5. The highest BCUT2D eigenvalue weighted by atomic mass is 15.5. The summed E-state index contributed by atoms with van der Waals surface area (Å²) in [6.07, 6.45) is 5.65. The van der Waals surface area contributed by atoms with E-state index in [1.165, 1.54) is 18.4 Å². The number of benzene rings is 1. The van der Waals surface area contributed by atoms with Crippen molar-refractivity contribution in [3.8, 4) is 11.8 Å². The molecule has 0 bridgehead atoms. The lowest BCUT2D eigenvalue weighted by molar-refractivity contribution is 0.446. The van der Waals surface area contributed by atoms with Gasteiger partial charge in [-0.15, -0.1) is 15.0 Å². The van der Waals surface area contributed by atoms with Crippen LogP contribution in [-0.2, 0) is 6.42 Å². The van der Waals surface area contributed by atoms with E-state index in [0.717, 1.165) is 37.3 Å². The van der Waals surface area contributed by atoms with Crippen LogP contribution in [0.5, 0.6) is 0 Å². The monoisotopic (exact) mass is 309 g/mol. The number of aromatic nitrogens is 3. The third-order valence-corrected chi connectivity index (χ3v) is 4.65. The Morgan fingerprint density at radius 3 is 2.61 bits per heavy atom. The van der Waals surface area contributed by atoms with E-state index < -0.39 is 0 Å². The normalized spacial score (nSPS) is 18.0. The number of hydrogen-bond donors (Lipinski definition) is 0. The molecule has 0 aliphatic carbocycles. The molecule has 0 amide bonds. The van der Waals surface area contributed by atoms with E-state index >= 15 is 0 Å². The second-order valence-electron chi connectivity index (χ2n) is 6.04. The van der Waals surface area contributed by atoms with E-state index in [1.54, 1.807) is 4.80 Å². The summed E-state index contributed by atoms with van der Waals surface area (Å²) in [5.74, 6) is 0.735. The zero-order chi connectivity index (χ0) is 16.2. The molecule has 120 valence electrons. The third kappa shape index (κ3) is 3.07. The maximum atomic E-state index is 9.46. The molecule has 1 aliphatic heterocycles. The van der Waals surface area contributed by atoms with Crippen molar-refractivity contribution in [2.75, 3.05) is 11.4 Å². The Bertz CT molecular complexity index is 695. The van der Waals surface area contributed by atoms with E-state index in [9.17, 15) is 5.26 Å². The Labute approximate surface area is 137 Å². The minimum atomic E-state index is 0.421. The quantitative estimate of drug-likeness (QED) is 0.867. The Kier molecular flexibility index (Phi) is 4.61. The average Bonchev–Trinajstić information content (AvgIpc) is 3.06. The van der Waals surface area contributed by atoms with Crippen molar-refractivity contribution >= 4 is 5.82 Å². The molecular weight excluding hydrogens is 286 g/mol. The highest BCUT2D eigenvalue weighted by Gasteiger charge is 2.26. The summed E-state index contributed by atoms with van der Waals surface area (Å²) in [6.45, 7) is 5.29. The molecule has 3 rings (SSSR count). The molecule has 0 unspecified atom stereocenters. The van der Waals surface area contributed by atoms with Crippen LogP contribution < -0.4 is 4.90 Å². The fraction of sp³-hybridized carbons (Fsp3) is 0.500. The van der Waals surface area contributed by atoms with Crippen LogP contribution in [0.25, 0.3) is 5.69 Å². The third-order valence-electron chi connectivity index (χ3n) is 4.65. The van der Waals surface area contributed by atoms with Crippen LogP contribution in [0.4, 0.5) is 5.82 Å². The van der Waals surface area contributed by atoms with Gasteiger partial charge in [0.15, 0.2) is 5.82 Å². The van der Waals surface area contributed by atoms with Gasteiger partial charge in [0.05, 0.1) is 5.69 Å². The van der Waals surface area contributed by atoms with E-state index in [-0.39, 0.29) is 0 Å². The van der Waals surface area contributed by atoms with Crippen molar-refractivity contribution in [3.63, 3.8) is 0 Å². The summed E-state index contributed by atoms with van der Waals surface area (Å²) in [6, 6.07) is 10.9. The first-order valence-electron chi connectivity index (χ1n) is 8.50. The minimum Gasteiger partial charge on any atom is -0.350 e. The zero-order valence-electron chi connectivity index (χ0n) is 13.9. The van der Waals surface area contributed by atoms with Gasteiger partial charge < -0.3 is 4.90 Å². The number of rotatable bonds is 4. The van der Waals surface area contributed by atoms with Gasteiger partial charge >= 0.3 is 0 Å². The Hall–Kier alpha value is -2.35. The molecule has 23 heavy (non-hydrogen) atoms. The standard InChI is InChI=1S/C18H23N5/c1-3-14-8-10-16(11-9-14)23-20-17(13-19)18(21-23)22-12-6-5-7-15(22)4-2/h8-11,15H,3-7,12H2,1-2H3/t15-/m1/s1. The summed E-state index contributed by atoms with van der Waals surface area (Å²) in [5, 5.41) is 18.5. The average molecular weight is 309 g/mol. The molecule has 5 heteroatoms. The Balaban J connectivity index is 1.95. The summed E-state index contributed by atoms with van der Waals surface area (Å²) in [4.78, 5) is 3.86. The van der Waals surface area contributed by atoms with E-state index in [4.69, 9.17) is 0 Å². The van der Waals surface area contributed by atoms with Crippen LogP contribution in [-0.4, -0.2) is 27.6 Å². The topological polar surface area (TPSA) is 57.7 Å². The van der Waals surface area contributed by atoms with Crippen LogP contribution in [0.3, 0.4) is 0 Å². The molecule has 1 aromatic carbocycles. The zero-order valence-corrected chi connectivity index (χ0v) is 13.9. The first-order chi connectivity index (χ1) is 11.3. The van der Waals surface area contributed by atoms with Crippen molar-refractivity contribution in [2.45, 2.75) is 52.0 Å². The maximum Gasteiger partial charge on any atom is 0.207 e. The molecule has 0 N–H and O–H groups in total. The van der Waals surface area contributed by atoms with Crippen molar-refractivity contribution < 1.29 is 0 Å². The van der Waals surface area contributed by atoms with E-state index in [1.807, 2.05) is 12.1 Å². The predicted octanol–water partition coefficient (Wildman–Crippen LogP) is 3.47. The largest absolute Gasteiger partial charge is 0.350 e. The number of aryl methyl sites for hydroxylation is 1. The van der Waals surface area contributed by atoms with Gasteiger partial charge in [-0.25, -0.2) is 0 Å². The minimum absolute atomic E-state index is 0.421. The second kappa shape index (κ2) is 6.82. The predicted molar refractivity (Wildman–Crippen MR) is 90.7 cm³/mol. The van der Waals surface area contributed by atoms with Gasteiger partial charge in [-0.2, -0.15) is 5.26 Å². The fourth-order valence-electron chi connectivity index (χ4n) is 3.25. The van der Waals surface area contributed by atoms with Gasteiger partial charge in [-0.05, 0) is 49.8 Å². The van der Waals surface area contributed by atoms with E-state index in [2.05, 4.69) is 47.1 Å². The molecule has 0 spiro atoms. The molecule has 2 heterocycles. The molecule has 1 fully saturated rings. The number of nitrogens with zero attached hydrogens (tertiary/aromatic N) is 5. The molecule has 1 aromatic heterocycles. The first-order valence-corrected chi connectivity index (χ1v) is 8.50. The summed E-state index contributed by atoms with van der Waals surface area (Å²) >= 11 is 0. The van der Waals surface area contributed by atoms with Crippen molar-refractivity contribution in [3.05, 3.63) is 35.5 Å². The maximum absolute atomic E-state index is 9.46. The van der Waals surface area contributed by atoms with Gasteiger partial charge in [-0.1, -0.05) is 26.0 Å². The molecule has 0 radical (unpaired) electrons. The lowest BCUT2D eigenvalue weighted by Crippen LogP contribution is -2.39. The highest BCUT2D eigenvalue weighted by Crippen LogP contribution is 2.27. The number of anilines is 1. The lowest BCUT2D eigenvalue weighted by atomic mass is 10.00. The van der Waals surface area contributed by atoms with Crippen LogP contribution in [0, 0.1) is 11.3 Å². The van der Waals surface area contributed by atoms with Gasteiger partial charge in [0.2, 0.25) is 5.69 Å². The smallest absolute Gasteiger partial charge is 0.207 e. The van der Waals surface area contributed by atoms with Crippen molar-refractivity contribution in [1.82, 2.24) is 15.0 Å². The molecule has 0 saturated carbocycles. The van der Waals surface area contributed by atoms with Crippen molar-refractivity contribution in [1.29, 1.82) is 5.26 Å². The van der Waals surface area contributed by atoms with Crippen LogP contribution in [0.2, 0.25) is 0 Å². The lowest BCUT2D eigenvalue weighted by Gasteiger charge is -2.35. The van der Waals surface area contributed by atoms with Gasteiger partial charge in [0.1, 0.15) is 6.07 Å². The highest BCUT2D eigenvalue weighted by molar-refractivity contribution is 5.51. The van der Waals surface area contributed by atoms with Gasteiger partial charge in [0.25, 0.3) is 0 Å². The second-order valence-corrected chi connectivity index (χ2v) is 6.04. The number of hydrogen-bond acceptors (Lipinski definition) is 4. The first kappa shape index (κ1) is 15.5. The van der Waals surface area contributed by atoms with Gasteiger partial charge in [0, 0.05) is 12.6 Å². The Morgan fingerprint density at radius 2 is 1.96 bits per heavy atom. The van der Waals surface area contributed by atoms with Crippen LogP contribution in [0.1, 0.15) is 50.8 Å². The summed E-state index contributed by atoms with van der Waals surface area (Å²) in [7, 11) is 0. The molecule has 2 aromatic rings. The number of piperidine rings is 1. The molecule has 1 atom stereocenters. The van der Waals surface area contributed by atoms with Gasteiger partial charge in [-0.3, -0.25) is 0 Å². The fourth-order valence-corrected chi connectivity index (χ4v) is 3.25. The van der Waals surface area contributed by atoms with Crippen LogP contribution >= 0.6 is 0 Å². The Morgan fingerprint density at radius 1 is 1.17 bits per heavy atom. The SMILES string of the molecule is CCc1ccc(-n2nc(C#N)c(N3CCCC[C@H]3CC)n2)cc1. The number of nitriles is 1. The summed E-state index contributed by atoms with van der Waals surface area (Å²) < 4.78 is 0. The van der Waals surface area contributed by atoms with Crippen LogP contribution in [0.15, 0.2) is 24.3 Å². The summed E-state index contributed by atoms with van der Waals surface area (Å²) in [5.41, 5.74) is 2.60. The molecule has 1 aliphatic rings. The van der Waals surface area contributed by atoms with E-state index in [0.29, 0.717) is 11.7 Å².